The molecule has 1 amide bonds. The number of rotatable bonds is 5. The number of aromatic nitrogens is 1. The minimum absolute atomic E-state index is 0.285. The smallest absolute Gasteiger partial charge is 0.268 e. The van der Waals surface area contributed by atoms with Crippen molar-refractivity contribution in [3.8, 4) is 0 Å². The van der Waals surface area contributed by atoms with Gasteiger partial charge in [-0.3, -0.25) is 4.79 Å². The average molecular weight is 212 g/mol. The quantitative estimate of drug-likeness (QED) is 0.549. The van der Waals surface area contributed by atoms with Crippen molar-refractivity contribution in [2.24, 2.45) is 0 Å². The molecular formula is C10H16N2O3. The molecular weight excluding hydrogens is 196 g/mol. The van der Waals surface area contributed by atoms with Gasteiger partial charge < -0.3 is 20.5 Å². The Kier molecular flexibility index (Phi) is 3.88. The van der Waals surface area contributed by atoms with Gasteiger partial charge in [-0.15, -0.1) is 0 Å². The number of H-pyrrole nitrogens is 1. The van der Waals surface area contributed by atoms with E-state index in [4.69, 9.17) is 10.2 Å². The molecule has 5 nitrogen and oxygen atoms in total. The van der Waals surface area contributed by atoms with E-state index in [-0.39, 0.29) is 19.1 Å². The Morgan fingerprint density at radius 1 is 1.53 bits per heavy atom. The van der Waals surface area contributed by atoms with Crippen LogP contribution in [0, 0.1) is 0 Å². The van der Waals surface area contributed by atoms with Crippen molar-refractivity contribution in [2.75, 3.05) is 13.2 Å². The summed E-state index contributed by atoms with van der Waals surface area (Å²) in [5.41, 5.74) is -0.530. The molecule has 84 valence electrons. The first kappa shape index (κ1) is 11.7. The minimum Gasteiger partial charge on any atom is -0.394 e. The lowest BCUT2D eigenvalue weighted by atomic mass is 9.98. The Morgan fingerprint density at radius 2 is 2.20 bits per heavy atom. The maximum Gasteiger partial charge on any atom is 0.268 e. The highest BCUT2D eigenvalue weighted by Gasteiger charge is 2.29. The fourth-order valence-corrected chi connectivity index (χ4v) is 1.22. The summed E-state index contributed by atoms with van der Waals surface area (Å²) in [6.45, 7) is 1.22. The van der Waals surface area contributed by atoms with E-state index in [9.17, 15) is 4.79 Å². The topological polar surface area (TPSA) is 85.3 Å². The molecule has 1 aromatic heterocycles. The zero-order valence-corrected chi connectivity index (χ0v) is 8.66. The molecule has 1 heterocycles. The van der Waals surface area contributed by atoms with Gasteiger partial charge in [-0.25, -0.2) is 0 Å². The Bertz CT molecular complexity index is 296. The van der Waals surface area contributed by atoms with Gasteiger partial charge in [0.1, 0.15) is 5.69 Å². The van der Waals surface area contributed by atoms with E-state index in [1.165, 1.54) is 0 Å². The molecule has 0 spiro atoms. The van der Waals surface area contributed by atoms with Crippen LogP contribution in [0.2, 0.25) is 0 Å². The SMILES string of the molecule is CCC(CO)(CO)NC(=O)c1ccc[nH]1. The molecule has 1 rings (SSSR count). The molecule has 0 unspecified atom stereocenters. The van der Waals surface area contributed by atoms with Crippen LogP contribution in [0.1, 0.15) is 23.8 Å². The van der Waals surface area contributed by atoms with Crippen molar-refractivity contribution in [3.05, 3.63) is 24.0 Å². The Balaban J connectivity index is 2.71. The number of carbonyl (C=O) groups is 1. The van der Waals surface area contributed by atoms with Crippen molar-refractivity contribution in [1.29, 1.82) is 0 Å². The van der Waals surface area contributed by atoms with E-state index >= 15 is 0 Å². The predicted octanol–water partition coefficient (Wildman–Crippen LogP) is -0.122. The first-order valence-electron chi connectivity index (χ1n) is 4.85. The minimum atomic E-state index is -0.942. The molecule has 0 aromatic carbocycles. The first-order valence-corrected chi connectivity index (χ1v) is 4.85. The summed E-state index contributed by atoms with van der Waals surface area (Å²) in [6.07, 6.45) is 2.10. The van der Waals surface area contributed by atoms with Crippen molar-refractivity contribution >= 4 is 5.91 Å². The standard InChI is InChI=1S/C10H16N2O3/c1-2-10(6-13,7-14)12-9(15)8-4-3-5-11-8/h3-5,11,13-14H,2,6-7H2,1H3,(H,12,15). The third-order valence-corrected chi connectivity index (χ3v) is 2.50. The summed E-state index contributed by atoms with van der Waals surface area (Å²) in [6, 6.07) is 3.34. The molecule has 0 fully saturated rings. The summed E-state index contributed by atoms with van der Waals surface area (Å²) in [4.78, 5) is 14.4. The lowest BCUT2D eigenvalue weighted by molar-refractivity contribution is 0.0649. The van der Waals surface area contributed by atoms with Gasteiger partial charge in [0.05, 0.1) is 18.8 Å². The second kappa shape index (κ2) is 4.95. The van der Waals surface area contributed by atoms with Crippen molar-refractivity contribution in [1.82, 2.24) is 10.3 Å². The monoisotopic (exact) mass is 212 g/mol. The van der Waals surface area contributed by atoms with Crippen LogP contribution in [-0.2, 0) is 0 Å². The van der Waals surface area contributed by atoms with Gasteiger partial charge in [0, 0.05) is 6.20 Å². The average Bonchev–Trinajstić information content (AvgIpc) is 2.79. The van der Waals surface area contributed by atoms with E-state index in [0.717, 1.165) is 0 Å². The molecule has 0 bridgehead atoms. The third kappa shape index (κ3) is 2.57. The highest BCUT2D eigenvalue weighted by atomic mass is 16.3. The fraction of sp³-hybridized carbons (Fsp3) is 0.500. The van der Waals surface area contributed by atoms with Gasteiger partial charge in [-0.1, -0.05) is 6.92 Å². The number of nitrogens with one attached hydrogen (secondary N) is 2. The molecule has 1 aromatic rings. The predicted molar refractivity (Wildman–Crippen MR) is 55.5 cm³/mol. The number of aliphatic hydroxyl groups excluding tert-OH is 2. The molecule has 0 radical (unpaired) electrons. The van der Waals surface area contributed by atoms with E-state index in [1.807, 2.05) is 0 Å². The van der Waals surface area contributed by atoms with Gasteiger partial charge in [0.2, 0.25) is 0 Å². The molecule has 0 saturated heterocycles. The zero-order valence-electron chi connectivity index (χ0n) is 8.66. The molecule has 0 aliphatic carbocycles. The third-order valence-electron chi connectivity index (χ3n) is 2.50. The molecule has 15 heavy (non-hydrogen) atoms. The highest BCUT2D eigenvalue weighted by molar-refractivity contribution is 5.92. The van der Waals surface area contributed by atoms with Gasteiger partial charge in [-0.2, -0.15) is 0 Å². The molecule has 4 N–H and O–H groups in total. The number of aromatic amines is 1. The van der Waals surface area contributed by atoms with Crippen LogP contribution in [0.25, 0.3) is 0 Å². The second-order valence-electron chi connectivity index (χ2n) is 3.49. The Hall–Kier alpha value is -1.33. The van der Waals surface area contributed by atoms with E-state index in [1.54, 1.807) is 25.3 Å². The maximum absolute atomic E-state index is 11.6. The van der Waals surface area contributed by atoms with Crippen LogP contribution in [-0.4, -0.2) is 39.9 Å². The first-order chi connectivity index (χ1) is 7.17. The molecule has 0 saturated carbocycles. The summed E-state index contributed by atoms with van der Waals surface area (Å²) >= 11 is 0. The van der Waals surface area contributed by atoms with E-state index in [0.29, 0.717) is 12.1 Å². The number of aliphatic hydroxyl groups is 2. The zero-order chi connectivity index (χ0) is 11.3. The lowest BCUT2D eigenvalue weighted by Gasteiger charge is -2.29. The summed E-state index contributed by atoms with van der Waals surface area (Å²) < 4.78 is 0. The highest BCUT2D eigenvalue weighted by Crippen LogP contribution is 2.09. The second-order valence-corrected chi connectivity index (χ2v) is 3.49. The molecule has 5 heteroatoms. The molecule has 0 aliphatic rings. The largest absolute Gasteiger partial charge is 0.394 e. The van der Waals surface area contributed by atoms with Gasteiger partial charge in [0.25, 0.3) is 5.91 Å². The normalized spacial score (nSPS) is 11.4. The fourth-order valence-electron chi connectivity index (χ4n) is 1.22. The van der Waals surface area contributed by atoms with Gasteiger partial charge in [-0.05, 0) is 18.6 Å². The van der Waals surface area contributed by atoms with Crippen LogP contribution < -0.4 is 5.32 Å². The number of amides is 1. The van der Waals surface area contributed by atoms with Gasteiger partial charge in [0.15, 0.2) is 0 Å². The Labute approximate surface area is 88.1 Å². The van der Waals surface area contributed by atoms with Crippen LogP contribution in [0.3, 0.4) is 0 Å². The van der Waals surface area contributed by atoms with Crippen LogP contribution >= 0.6 is 0 Å². The molecule has 0 aliphatic heterocycles. The van der Waals surface area contributed by atoms with Crippen molar-refractivity contribution < 1.29 is 15.0 Å². The number of hydrogen-bond acceptors (Lipinski definition) is 3. The van der Waals surface area contributed by atoms with Crippen LogP contribution in [0.5, 0.6) is 0 Å². The van der Waals surface area contributed by atoms with E-state index in [2.05, 4.69) is 10.3 Å². The van der Waals surface area contributed by atoms with E-state index < -0.39 is 5.54 Å². The summed E-state index contributed by atoms with van der Waals surface area (Å²) in [5.74, 6) is -0.329. The molecule has 0 atom stereocenters. The summed E-state index contributed by atoms with van der Waals surface area (Å²) in [7, 11) is 0. The van der Waals surface area contributed by atoms with Crippen molar-refractivity contribution in [3.63, 3.8) is 0 Å². The summed E-state index contributed by atoms with van der Waals surface area (Å²) in [5, 5.41) is 20.9. The number of carbonyl (C=O) groups excluding carboxylic acids is 1. The Morgan fingerprint density at radius 3 is 2.60 bits per heavy atom. The van der Waals surface area contributed by atoms with Crippen LogP contribution in [0.4, 0.5) is 0 Å². The van der Waals surface area contributed by atoms with Gasteiger partial charge >= 0.3 is 0 Å². The maximum atomic E-state index is 11.6. The van der Waals surface area contributed by atoms with Crippen LogP contribution in [0.15, 0.2) is 18.3 Å². The van der Waals surface area contributed by atoms with Crippen molar-refractivity contribution in [2.45, 2.75) is 18.9 Å². The number of hydrogen-bond donors (Lipinski definition) is 4. The lowest BCUT2D eigenvalue weighted by Crippen LogP contribution is -2.53.